The van der Waals surface area contributed by atoms with Gasteiger partial charge in [0.25, 0.3) is 0 Å². The van der Waals surface area contributed by atoms with E-state index in [1.165, 1.54) is 12.1 Å². The van der Waals surface area contributed by atoms with Crippen LogP contribution >= 0.6 is 12.1 Å². The Morgan fingerprint density at radius 3 is 2.42 bits per heavy atom. The fourth-order valence-corrected chi connectivity index (χ4v) is 4.87. The normalized spacial score (nSPS) is 11.8. The lowest BCUT2D eigenvalue weighted by molar-refractivity contribution is -0.274. The predicted octanol–water partition coefficient (Wildman–Crippen LogP) is 7.81. The molecule has 2 amide bonds. The van der Waals surface area contributed by atoms with E-state index in [4.69, 9.17) is 4.98 Å². The van der Waals surface area contributed by atoms with E-state index in [2.05, 4.69) is 19.2 Å². The zero-order chi connectivity index (χ0) is 28.4. The summed E-state index contributed by atoms with van der Waals surface area (Å²) in [6.07, 6.45) is -3.09. The summed E-state index contributed by atoms with van der Waals surface area (Å²) in [6.45, 7) is 5.71. The van der Waals surface area contributed by atoms with Crippen LogP contribution in [0.2, 0.25) is 0 Å². The van der Waals surface area contributed by atoms with E-state index < -0.39 is 6.36 Å². The molecule has 0 radical (unpaired) electrons. The average molecular weight is 564 g/mol. The number of fused-ring (bicyclic) bond motifs is 3. The molecule has 40 heavy (non-hydrogen) atoms. The van der Waals surface area contributed by atoms with Gasteiger partial charge in [-0.1, -0.05) is 36.4 Å². The Morgan fingerprint density at radius 2 is 1.73 bits per heavy atom. The molecule has 1 aromatic heterocycles. The van der Waals surface area contributed by atoms with Crippen molar-refractivity contribution in [2.75, 3.05) is 5.32 Å². The van der Waals surface area contributed by atoms with Crippen molar-refractivity contribution in [3.8, 4) is 11.4 Å². The number of carbonyl (C=O) groups is 1. The van der Waals surface area contributed by atoms with Crippen molar-refractivity contribution in [2.45, 2.75) is 27.1 Å². The molecule has 0 aliphatic rings. The number of imidazole rings is 1. The molecule has 1 heterocycles. The van der Waals surface area contributed by atoms with Gasteiger partial charge in [0, 0.05) is 23.0 Å². The van der Waals surface area contributed by atoms with Crippen LogP contribution in [0, 0.1) is 20.8 Å². The second kappa shape index (κ2) is 10.9. The molecule has 11 heteroatoms. The zero-order valence-electron chi connectivity index (χ0n) is 21.7. The highest BCUT2D eigenvalue weighted by molar-refractivity contribution is 7.96. The molecule has 204 valence electrons. The van der Waals surface area contributed by atoms with E-state index in [-0.39, 0.29) is 11.8 Å². The SMILES string of the molecule is Cc1cccc(C)c1NC(=O)NS/N=C/c1ccc2c(ccc3c2nc(C)n3-c2ccc(OC(F)(F)F)cc2)c1. The molecule has 0 saturated carbocycles. The summed E-state index contributed by atoms with van der Waals surface area (Å²) in [7, 11) is 0. The van der Waals surface area contributed by atoms with Gasteiger partial charge in [-0.2, -0.15) is 0 Å². The van der Waals surface area contributed by atoms with Crippen LogP contribution in [0.3, 0.4) is 0 Å². The first-order valence-corrected chi connectivity index (χ1v) is 13.0. The molecular formula is C29H24F3N5O2S. The van der Waals surface area contributed by atoms with Gasteiger partial charge in [0.1, 0.15) is 11.6 Å². The van der Waals surface area contributed by atoms with Crippen LogP contribution < -0.4 is 14.8 Å². The quantitative estimate of drug-likeness (QED) is 0.163. The Morgan fingerprint density at radius 1 is 1.00 bits per heavy atom. The fourth-order valence-electron chi connectivity index (χ4n) is 4.51. The number of aryl methyl sites for hydroxylation is 3. The number of alkyl halides is 3. The number of rotatable bonds is 6. The number of anilines is 1. The number of hydrogen-bond acceptors (Lipinski definition) is 5. The number of urea groups is 1. The van der Waals surface area contributed by atoms with Gasteiger partial charge in [0.2, 0.25) is 0 Å². The topological polar surface area (TPSA) is 80.5 Å². The molecule has 7 nitrogen and oxygen atoms in total. The first-order valence-electron chi connectivity index (χ1n) is 12.2. The number of para-hydroxylation sites is 1. The van der Waals surface area contributed by atoms with Crippen molar-refractivity contribution in [1.29, 1.82) is 0 Å². The van der Waals surface area contributed by atoms with Crippen LogP contribution in [0.25, 0.3) is 27.5 Å². The monoisotopic (exact) mass is 563 g/mol. The van der Waals surface area contributed by atoms with Crippen molar-refractivity contribution in [3.63, 3.8) is 0 Å². The highest BCUT2D eigenvalue weighted by atomic mass is 32.2. The second-order valence-electron chi connectivity index (χ2n) is 9.10. The molecular weight excluding hydrogens is 539 g/mol. The Bertz CT molecular complexity index is 1730. The fraction of sp³-hybridized carbons (Fsp3) is 0.138. The third-order valence-electron chi connectivity index (χ3n) is 6.27. The van der Waals surface area contributed by atoms with Gasteiger partial charge in [-0.05, 0) is 79.2 Å². The number of amides is 2. The van der Waals surface area contributed by atoms with Gasteiger partial charge in [0.05, 0.1) is 23.2 Å². The number of aromatic nitrogens is 2. The summed E-state index contributed by atoms with van der Waals surface area (Å²) in [5.41, 5.74) is 5.83. The van der Waals surface area contributed by atoms with Crippen LogP contribution in [0.4, 0.5) is 23.7 Å². The number of nitrogens with one attached hydrogen (secondary N) is 2. The Labute approximate surface area is 232 Å². The first-order chi connectivity index (χ1) is 19.1. The minimum atomic E-state index is -4.74. The van der Waals surface area contributed by atoms with Gasteiger partial charge in [-0.25, -0.2) is 14.2 Å². The summed E-state index contributed by atoms with van der Waals surface area (Å²) in [5, 5.41) is 4.71. The molecule has 0 atom stereocenters. The van der Waals surface area contributed by atoms with E-state index >= 15 is 0 Å². The van der Waals surface area contributed by atoms with E-state index in [0.29, 0.717) is 11.5 Å². The van der Waals surface area contributed by atoms with Crippen molar-refractivity contribution < 1.29 is 22.7 Å². The summed E-state index contributed by atoms with van der Waals surface area (Å²) < 4.78 is 50.3. The Balaban J connectivity index is 1.30. The molecule has 0 spiro atoms. The number of benzene rings is 4. The van der Waals surface area contributed by atoms with Crippen molar-refractivity contribution in [3.05, 3.63) is 95.3 Å². The molecule has 0 aliphatic carbocycles. The molecule has 5 rings (SSSR count). The van der Waals surface area contributed by atoms with Gasteiger partial charge in [0.15, 0.2) is 0 Å². The smallest absolute Gasteiger partial charge is 0.406 e. The van der Waals surface area contributed by atoms with E-state index in [1.54, 1.807) is 18.3 Å². The van der Waals surface area contributed by atoms with E-state index in [1.807, 2.05) is 73.9 Å². The predicted molar refractivity (Wildman–Crippen MR) is 153 cm³/mol. The van der Waals surface area contributed by atoms with Crippen LogP contribution in [-0.4, -0.2) is 28.2 Å². The highest BCUT2D eigenvalue weighted by Crippen LogP contribution is 2.30. The summed E-state index contributed by atoms with van der Waals surface area (Å²) in [5.74, 6) is 0.410. The van der Waals surface area contributed by atoms with Crippen LogP contribution in [0.5, 0.6) is 5.75 Å². The van der Waals surface area contributed by atoms with Gasteiger partial charge in [-0.15, -0.1) is 13.2 Å². The number of halogens is 3. The van der Waals surface area contributed by atoms with Crippen LogP contribution in [0.15, 0.2) is 77.2 Å². The van der Waals surface area contributed by atoms with Crippen molar-refractivity contribution >= 4 is 51.9 Å². The Kier molecular flexibility index (Phi) is 7.40. The third kappa shape index (κ3) is 5.89. The molecule has 0 unspecified atom stereocenters. The van der Waals surface area contributed by atoms with E-state index in [9.17, 15) is 18.0 Å². The lowest BCUT2D eigenvalue weighted by Crippen LogP contribution is -2.23. The molecule has 0 fully saturated rings. The minimum absolute atomic E-state index is 0.284. The summed E-state index contributed by atoms with van der Waals surface area (Å²) >= 11 is 0.922. The highest BCUT2D eigenvalue weighted by Gasteiger charge is 2.31. The maximum absolute atomic E-state index is 12.5. The molecule has 5 aromatic rings. The van der Waals surface area contributed by atoms with Gasteiger partial charge >= 0.3 is 12.4 Å². The molecule has 0 aliphatic heterocycles. The zero-order valence-corrected chi connectivity index (χ0v) is 22.5. The largest absolute Gasteiger partial charge is 0.573 e. The maximum Gasteiger partial charge on any atom is 0.573 e. The lowest BCUT2D eigenvalue weighted by Gasteiger charge is -2.11. The van der Waals surface area contributed by atoms with Crippen LogP contribution in [-0.2, 0) is 0 Å². The summed E-state index contributed by atoms with van der Waals surface area (Å²) in [6, 6.07) is 20.8. The minimum Gasteiger partial charge on any atom is -0.406 e. The summed E-state index contributed by atoms with van der Waals surface area (Å²) in [4.78, 5) is 17.0. The molecule has 4 aromatic carbocycles. The van der Waals surface area contributed by atoms with Gasteiger partial charge < -0.3 is 10.1 Å². The Hall–Kier alpha value is -4.51. The number of carbonyl (C=O) groups excluding carboxylic acids is 1. The third-order valence-corrected chi connectivity index (χ3v) is 6.76. The number of nitrogens with zero attached hydrogens (tertiary/aromatic N) is 3. The first kappa shape index (κ1) is 27.1. The standard InChI is InChI=1S/C29H24F3N5O2S/c1-17-5-4-6-18(2)26(17)35-28(38)36-40-33-16-20-7-13-24-21(15-20)8-14-25-27(24)34-19(3)37(25)22-9-11-23(12-10-22)39-29(30,31)32/h4-16H,1-3H3,(H2,35,36,38)/b33-16+. The number of hydrogen-bond donors (Lipinski definition) is 2. The van der Waals surface area contributed by atoms with E-state index in [0.717, 1.165) is 56.3 Å². The average Bonchev–Trinajstić information content (AvgIpc) is 3.24. The number of ether oxygens (including phenoxy) is 1. The lowest BCUT2D eigenvalue weighted by atomic mass is 10.1. The maximum atomic E-state index is 12.5. The molecule has 2 N–H and O–H groups in total. The second-order valence-corrected chi connectivity index (χ2v) is 9.70. The van der Waals surface area contributed by atoms with Crippen molar-refractivity contribution in [2.24, 2.45) is 4.40 Å². The van der Waals surface area contributed by atoms with Crippen molar-refractivity contribution in [1.82, 2.24) is 14.3 Å². The molecule has 0 saturated heterocycles. The van der Waals surface area contributed by atoms with Crippen LogP contribution in [0.1, 0.15) is 22.5 Å². The molecule has 0 bridgehead atoms. The van der Waals surface area contributed by atoms with Gasteiger partial charge in [-0.3, -0.25) is 9.29 Å².